The van der Waals surface area contributed by atoms with Crippen LogP contribution in [-0.2, 0) is 10.0 Å². The number of hydrogen-bond acceptors (Lipinski definition) is 3. The van der Waals surface area contributed by atoms with Gasteiger partial charge < -0.3 is 5.73 Å². The second-order valence-electron chi connectivity index (χ2n) is 3.83. The molecule has 0 aliphatic rings. The number of hydrogen-bond donors (Lipinski definition) is 2. The Balaban J connectivity index is 2.73. The van der Waals surface area contributed by atoms with Crippen LogP contribution < -0.4 is 10.5 Å². The second-order valence-corrected chi connectivity index (χ2v) is 5.57. The molecule has 1 aromatic carbocycles. The van der Waals surface area contributed by atoms with E-state index in [4.69, 9.17) is 5.73 Å². The zero-order valence-electron chi connectivity index (χ0n) is 9.69. The molecule has 17 heavy (non-hydrogen) atoms. The van der Waals surface area contributed by atoms with E-state index < -0.39 is 15.8 Å². The van der Waals surface area contributed by atoms with Gasteiger partial charge in [-0.3, -0.25) is 0 Å². The van der Waals surface area contributed by atoms with Crippen molar-refractivity contribution < 1.29 is 12.8 Å². The first kappa shape index (κ1) is 14.1. The van der Waals surface area contributed by atoms with Crippen LogP contribution in [0.25, 0.3) is 0 Å². The van der Waals surface area contributed by atoms with Gasteiger partial charge in [-0.1, -0.05) is 25.5 Å². The van der Waals surface area contributed by atoms with Gasteiger partial charge in [-0.25, -0.2) is 17.5 Å². The van der Waals surface area contributed by atoms with Gasteiger partial charge in [-0.2, -0.15) is 0 Å². The lowest BCUT2D eigenvalue weighted by atomic mass is 10.2. The summed E-state index contributed by atoms with van der Waals surface area (Å²) in [5, 5.41) is 0. The Kier molecular flexibility index (Phi) is 5.04. The summed E-state index contributed by atoms with van der Waals surface area (Å²) < 4.78 is 39.1. The number of nitrogens with two attached hydrogens (primary N) is 1. The fraction of sp³-hybridized carbons (Fsp3) is 0.455. The Hall–Kier alpha value is -0.980. The summed E-state index contributed by atoms with van der Waals surface area (Å²) in [6, 6.07) is 5.01. The van der Waals surface area contributed by atoms with E-state index in [0.29, 0.717) is 0 Å². The molecule has 0 spiro atoms. The fourth-order valence-corrected chi connectivity index (χ4v) is 2.60. The van der Waals surface area contributed by atoms with Gasteiger partial charge in [0, 0.05) is 12.6 Å². The predicted octanol–water partition coefficient (Wildman–Crippen LogP) is 1.23. The SMILES string of the molecule is CCCC(N)CNS(=O)(=O)c1ccccc1F. The molecule has 0 fully saturated rings. The lowest BCUT2D eigenvalue weighted by Crippen LogP contribution is -2.37. The third-order valence-corrected chi connectivity index (χ3v) is 3.78. The molecule has 0 heterocycles. The van der Waals surface area contributed by atoms with Crippen LogP contribution in [0, 0.1) is 5.82 Å². The number of halogens is 1. The van der Waals surface area contributed by atoms with E-state index in [2.05, 4.69) is 4.72 Å². The summed E-state index contributed by atoms with van der Waals surface area (Å²) >= 11 is 0. The van der Waals surface area contributed by atoms with Gasteiger partial charge in [0.05, 0.1) is 0 Å². The Morgan fingerprint density at radius 2 is 2.06 bits per heavy atom. The van der Waals surface area contributed by atoms with Crippen LogP contribution in [0.5, 0.6) is 0 Å². The first-order valence-corrected chi connectivity index (χ1v) is 6.95. The molecule has 1 rings (SSSR count). The lowest BCUT2D eigenvalue weighted by molar-refractivity contribution is 0.539. The number of benzene rings is 1. The molecule has 3 N–H and O–H groups in total. The monoisotopic (exact) mass is 260 g/mol. The minimum absolute atomic E-state index is 0.116. The fourth-order valence-electron chi connectivity index (χ4n) is 1.43. The molecule has 6 heteroatoms. The Morgan fingerprint density at radius 3 is 2.65 bits per heavy atom. The first-order chi connectivity index (χ1) is 7.97. The molecule has 1 atom stereocenters. The highest BCUT2D eigenvalue weighted by Gasteiger charge is 2.18. The van der Waals surface area contributed by atoms with Crippen LogP contribution in [-0.4, -0.2) is 21.0 Å². The number of nitrogens with one attached hydrogen (secondary N) is 1. The minimum atomic E-state index is -3.81. The smallest absolute Gasteiger partial charge is 0.243 e. The summed E-state index contributed by atoms with van der Waals surface area (Å²) in [6.07, 6.45) is 1.60. The predicted molar refractivity (Wildman–Crippen MR) is 64.5 cm³/mol. The number of sulfonamides is 1. The van der Waals surface area contributed by atoms with Gasteiger partial charge in [0.2, 0.25) is 10.0 Å². The van der Waals surface area contributed by atoms with E-state index in [0.717, 1.165) is 18.9 Å². The van der Waals surface area contributed by atoms with Crippen molar-refractivity contribution in [3.05, 3.63) is 30.1 Å². The van der Waals surface area contributed by atoms with Crippen molar-refractivity contribution in [2.45, 2.75) is 30.7 Å². The molecule has 0 saturated heterocycles. The topological polar surface area (TPSA) is 72.2 Å². The molecule has 0 saturated carbocycles. The summed E-state index contributed by atoms with van der Waals surface area (Å²) in [7, 11) is -3.81. The van der Waals surface area contributed by atoms with E-state index in [1.165, 1.54) is 18.2 Å². The van der Waals surface area contributed by atoms with E-state index in [1.807, 2.05) is 6.92 Å². The van der Waals surface area contributed by atoms with Crippen LogP contribution >= 0.6 is 0 Å². The summed E-state index contributed by atoms with van der Waals surface area (Å²) in [4.78, 5) is -0.344. The molecule has 0 amide bonds. The molecular formula is C11H17FN2O2S. The largest absolute Gasteiger partial charge is 0.327 e. The summed E-state index contributed by atoms with van der Waals surface area (Å²) in [6.45, 7) is 2.08. The van der Waals surface area contributed by atoms with Gasteiger partial charge in [-0.05, 0) is 18.6 Å². The van der Waals surface area contributed by atoms with Gasteiger partial charge in [0.1, 0.15) is 10.7 Å². The second kappa shape index (κ2) is 6.09. The van der Waals surface area contributed by atoms with E-state index in [1.54, 1.807) is 0 Å². The van der Waals surface area contributed by atoms with E-state index >= 15 is 0 Å². The zero-order chi connectivity index (χ0) is 12.9. The molecule has 0 radical (unpaired) electrons. The highest BCUT2D eigenvalue weighted by atomic mass is 32.2. The molecule has 1 unspecified atom stereocenters. The molecule has 0 aliphatic carbocycles. The Labute approximate surface area is 101 Å². The Bertz CT molecular complexity index is 462. The zero-order valence-corrected chi connectivity index (χ0v) is 10.5. The molecule has 1 aromatic rings. The standard InChI is InChI=1S/C11H17FN2O2S/c1-2-5-9(13)8-14-17(15,16)11-7-4-3-6-10(11)12/h3-4,6-7,9,14H,2,5,8,13H2,1H3. The van der Waals surface area contributed by atoms with Crippen molar-refractivity contribution in [3.8, 4) is 0 Å². The summed E-state index contributed by atoms with van der Waals surface area (Å²) in [5.74, 6) is -0.760. The molecule has 0 aliphatic heterocycles. The van der Waals surface area contributed by atoms with Gasteiger partial charge in [0.15, 0.2) is 0 Å². The molecular weight excluding hydrogens is 243 g/mol. The highest BCUT2D eigenvalue weighted by molar-refractivity contribution is 7.89. The average molecular weight is 260 g/mol. The van der Waals surface area contributed by atoms with Crippen LogP contribution in [0.3, 0.4) is 0 Å². The van der Waals surface area contributed by atoms with Crippen LogP contribution in [0.2, 0.25) is 0 Å². The molecule has 4 nitrogen and oxygen atoms in total. The normalized spacial score (nSPS) is 13.6. The Morgan fingerprint density at radius 1 is 1.41 bits per heavy atom. The van der Waals surface area contributed by atoms with Crippen molar-refractivity contribution in [1.29, 1.82) is 0 Å². The maximum Gasteiger partial charge on any atom is 0.243 e. The molecule has 0 bridgehead atoms. The van der Waals surface area contributed by atoms with Gasteiger partial charge in [-0.15, -0.1) is 0 Å². The third kappa shape index (κ3) is 4.07. The van der Waals surface area contributed by atoms with Crippen LogP contribution in [0.1, 0.15) is 19.8 Å². The minimum Gasteiger partial charge on any atom is -0.327 e. The van der Waals surface area contributed by atoms with Crippen LogP contribution in [0.4, 0.5) is 4.39 Å². The highest BCUT2D eigenvalue weighted by Crippen LogP contribution is 2.12. The van der Waals surface area contributed by atoms with Crippen molar-refractivity contribution in [1.82, 2.24) is 4.72 Å². The number of rotatable bonds is 6. The van der Waals surface area contributed by atoms with Crippen molar-refractivity contribution in [2.24, 2.45) is 5.73 Å². The quantitative estimate of drug-likeness (QED) is 0.808. The maximum absolute atomic E-state index is 13.3. The average Bonchev–Trinajstić information content (AvgIpc) is 2.27. The van der Waals surface area contributed by atoms with E-state index in [9.17, 15) is 12.8 Å². The van der Waals surface area contributed by atoms with Crippen molar-refractivity contribution in [3.63, 3.8) is 0 Å². The van der Waals surface area contributed by atoms with E-state index in [-0.39, 0.29) is 17.5 Å². The van der Waals surface area contributed by atoms with Crippen molar-refractivity contribution in [2.75, 3.05) is 6.54 Å². The van der Waals surface area contributed by atoms with Gasteiger partial charge in [0.25, 0.3) is 0 Å². The third-order valence-electron chi connectivity index (χ3n) is 2.32. The molecule has 0 aromatic heterocycles. The van der Waals surface area contributed by atoms with Crippen LogP contribution in [0.15, 0.2) is 29.2 Å². The van der Waals surface area contributed by atoms with Crippen molar-refractivity contribution >= 4 is 10.0 Å². The summed E-state index contributed by atoms with van der Waals surface area (Å²) in [5.41, 5.74) is 5.69. The maximum atomic E-state index is 13.3. The van der Waals surface area contributed by atoms with Gasteiger partial charge >= 0.3 is 0 Å². The molecule has 96 valence electrons. The lowest BCUT2D eigenvalue weighted by Gasteiger charge is -2.12. The first-order valence-electron chi connectivity index (χ1n) is 5.47.